The summed E-state index contributed by atoms with van der Waals surface area (Å²) in [5, 5.41) is 8.96. The van der Waals surface area contributed by atoms with E-state index in [0.29, 0.717) is 0 Å². The highest BCUT2D eigenvalue weighted by atomic mass is 79.9. The van der Waals surface area contributed by atoms with Crippen LogP contribution in [0, 0.1) is 0 Å². The number of nitrogens with two attached hydrogens (primary N) is 1. The molecule has 0 saturated heterocycles. The Balaban J connectivity index is 2.63. The highest BCUT2D eigenvalue weighted by Gasteiger charge is 2.11. The highest BCUT2D eigenvalue weighted by molar-refractivity contribution is 9.10. The predicted molar refractivity (Wildman–Crippen MR) is 56.9 cm³/mol. The van der Waals surface area contributed by atoms with Crippen molar-refractivity contribution in [3.05, 3.63) is 34.7 Å². The van der Waals surface area contributed by atoms with Crippen molar-refractivity contribution in [3.63, 3.8) is 0 Å². The van der Waals surface area contributed by atoms with E-state index in [4.69, 9.17) is 10.8 Å². The van der Waals surface area contributed by atoms with Crippen LogP contribution in [0.2, 0.25) is 0 Å². The third-order valence-electron chi connectivity index (χ3n) is 2.09. The average molecular weight is 256 g/mol. The van der Waals surface area contributed by atoms with Gasteiger partial charge in [-0.15, -0.1) is 0 Å². The summed E-state index contributed by atoms with van der Waals surface area (Å²) in [6, 6.07) is 3.42. The van der Waals surface area contributed by atoms with Crippen LogP contribution >= 0.6 is 15.9 Å². The predicted octanol–water partition coefficient (Wildman–Crippen LogP) is 1.09. The maximum Gasteiger partial charge on any atom is 0.151 e. The van der Waals surface area contributed by atoms with Gasteiger partial charge in [-0.25, -0.2) is 4.98 Å². The summed E-state index contributed by atoms with van der Waals surface area (Å²) < 4.78 is 2.78. The minimum absolute atomic E-state index is 0.0830. The Hall–Kier alpha value is -0.910. The van der Waals surface area contributed by atoms with Crippen LogP contribution in [-0.4, -0.2) is 21.1 Å². The minimum atomic E-state index is -0.390. The number of pyridine rings is 1. The molecule has 74 valence electrons. The van der Waals surface area contributed by atoms with Gasteiger partial charge in [-0.2, -0.15) is 0 Å². The van der Waals surface area contributed by atoms with Crippen molar-refractivity contribution in [2.75, 3.05) is 6.61 Å². The first-order valence-corrected chi connectivity index (χ1v) is 5.01. The van der Waals surface area contributed by atoms with Crippen molar-refractivity contribution in [1.82, 2.24) is 9.38 Å². The number of hydrogen-bond acceptors (Lipinski definition) is 3. The Morgan fingerprint density at radius 1 is 1.64 bits per heavy atom. The van der Waals surface area contributed by atoms with Gasteiger partial charge in [-0.05, 0) is 28.1 Å². The summed E-state index contributed by atoms with van der Waals surface area (Å²) in [5.41, 5.74) is 7.35. The molecular weight excluding hydrogens is 246 g/mol. The van der Waals surface area contributed by atoms with Crippen LogP contribution in [0.3, 0.4) is 0 Å². The van der Waals surface area contributed by atoms with Gasteiger partial charge in [0.05, 0.1) is 29.0 Å². The molecule has 1 atom stereocenters. The first-order valence-electron chi connectivity index (χ1n) is 4.22. The average Bonchev–Trinajstić information content (AvgIpc) is 2.62. The summed E-state index contributed by atoms with van der Waals surface area (Å²) in [5.74, 6) is 0. The second-order valence-corrected chi connectivity index (χ2v) is 3.88. The highest BCUT2D eigenvalue weighted by Crippen LogP contribution is 2.19. The fourth-order valence-electron chi connectivity index (χ4n) is 1.36. The lowest BCUT2D eigenvalue weighted by molar-refractivity contribution is 0.265. The minimum Gasteiger partial charge on any atom is -0.394 e. The summed E-state index contributed by atoms with van der Waals surface area (Å²) >= 11 is 3.39. The van der Waals surface area contributed by atoms with Crippen LogP contribution in [0.15, 0.2) is 29.0 Å². The molecule has 3 N–H and O–H groups in total. The van der Waals surface area contributed by atoms with Gasteiger partial charge in [0.1, 0.15) is 0 Å². The molecule has 2 heterocycles. The van der Waals surface area contributed by atoms with Crippen molar-refractivity contribution in [2.24, 2.45) is 5.73 Å². The van der Waals surface area contributed by atoms with Crippen LogP contribution in [0.25, 0.3) is 5.65 Å². The molecule has 0 aliphatic carbocycles. The number of rotatable bonds is 2. The second-order valence-electron chi connectivity index (χ2n) is 3.02. The van der Waals surface area contributed by atoms with Crippen molar-refractivity contribution in [1.29, 1.82) is 0 Å². The lowest BCUT2D eigenvalue weighted by atomic mass is 10.2. The third-order valence-corrected chi connectivity index (χ3v) is 2.71. The fourth-order valence-corrected chi connectivity index (χ4v) is 1.81. The van der Waals surface area contributed by atoms with E-state index in [2.05, 4.69) is 20.9 Å². The van der Waals surface area contributed by atoms with Crippen molar-refractivity contribution < 1.29 is 5.11 Å². The van der Waals surface area contributed by atoms with Gasteiger partial charge in [-0.1, -0.05) is 0 Å². The molecule has 2 aromatic heterocycles. The van der Waals surface area contributed by atoms with Crippen molar-refractivity contribution in [2.45, 2.75) is 6.04 Å². The monoisotopic (exact) mass is 255 g/mol. The van der Waals surface area contributed by atoms with Gasteiger partial charge in [0, 0.05) is 6.20 Å². The molecule has 0 amide bonds. The molecule has 0 aliphatic heterocycles. The maximum absolute atomic E-state index is 8.96. The zero-order valence-electron chi connectivity index (χ0n) is 7.39. The molecule has 0 radical (unpaired) electrons. The van der Waals surface area contributed by atoms with Crippen LogP contribution < -0.4 is 5.73 Å². The lowest BCUT2D eigenvalue weighted by Crippen LogP contribution is -2.16. The van der Waals surface area contributed by atoms with Gasteiger partial charge >= 0.3 is 0 Å². The molecule has 1 unspecified atom stereocenters. The van der Waals surface area contributed by atoms with Gasteiger partial charge < -0.3 is 15.2 Å². The summed E-state index contributed by atoms with van der Waals surface area (Å²) in [6.07, 6.45) is 3.55. The summed E-state index contributed by atoms with van der Waals surface area (Å²) in [7, 11) is 0. The first kappa shape index (κ1) is 9.64. The van der Waals surface area contributed by atoms with E-state index < -0.39 is 0 Å². The van der Waals surface area contributed by atoms with Gasteiger partial charge in [0.2, 0.25) is 0 Å². The zero-order chi connectivity index (χ0) is 10.1. The number of imidazole rings is 1. The number of nitrogens with zero attached hydrogens (tertiary/aromatic N) is 2. The molecule has 0 saturated carbocycles. The molecule has 0 fully saturated rings. The Morgan fingerprint density at radius 3 is 3.14 bits per heavy atom. The van der Waals surface area contributed by atoms with E-state index in [-0.39, 0.29) is 12.6 Å². The molecule has 4 nitrogen and oxygen atoms in total. The van der Waals surface area contributed by atoms with Crippen molar-refractivity contribution in [3.8, 4) is 0 Å². The Labute approximate surface area is 89.5 Å². The Bertz CT molecular complexity index is 454. The van der Waals surface area contributed by atoms with Gasteiger partial charge in [0.25, 0.3) is 0 Å². The van der Waals surface area contributed by atoms with E-state index in [1.807, 2.05) is 22.7 Å². The van der Waals surface area contributed by atoms with E-state index >= 15 is 0 Å². The van der Waals surface area contributed by atoms with Crippen LogP contribution in [0.5, 0.6) is 0 Å². The molecule has 0 bridgehead atoms. The number of fused-ring (bicyclic) bond motifs is 1. The summed E-state index contributed by atoms with van der Waals surface area (Å²) in [6.45, 7) is -0.0830. The van der Waals surface area contributed by atoms with Crippen LogP contribution in [0.1, 0.15) is 11.7 Å². The largest absolute Gasteiger partial charge is 0.394 e. The zero-order valence-corrected chi connectivity index (χ0v) is 8.98. The smallest absolute Gasteiger partial charge is 0.151 e. The topological polar surface area (TPSA) is 63.5 Å². The molecule has 14 heavy (non-hydrogen) atoms. The first-order chi connectivity index (χ1) is 6.74. The van der Waals surface area contributed by atoms with Gasteiger partial charge in [-0.3, -0.25) is 0 Å². The maximum atomic E-state index is 8.96. The fraction of sp³-hybridized carbons (Fsp3) is 0.222. The van der Waals surface area contributed by atoms with Crippen LogP contribution in [0.4, 0.5) is 0 Å². The number of hydrogen-bond donors (Lipinski definition) is 2. The molecule has 2 aromatic rings. The molecule has 5 heteroatoms. The molecule has 0 spiro atoms. The van der Waals surface area contributed by atoms with E-state index in [1.165, 1.54) is 0 Å². The quantitative estimate of drug-likeness (QED) is 0.845. The third kappa shape index (κ3) is 1.43. The SMILES string of the molecule is NC(CO)c1cnc2c(Br)cccn12. The van der Waals surface area contributed by atoms with Gasteiger partial charge in [0.15, 0.2) is 5.65 Å². The molecular formula is C9H10BrN3O. The summed E-state index contributed by atoms with van der Waals surface area (Å²) in [4.78, 5) is 4.21. The van der Waals surface area contributed by atoms with E-state index in [0.717, 1.165) is 15.8 Å². The Morgan fingerprint density at radius 2 is 2.43 bits per heavy atom. The normalized spacial score (nSPS) is 13.4. The number of aromatic nitrogens is 2. The molecule has 2 rings (SSSR count). The molecule has 0 aliphatic rings. The standard InChI is InChI=1S/C9H10BrN3O/c10-6-2-1-3-13-8(7(11)5-14)4-12-9(6)13/h1-4,7,14H,5,11H2. The van der Waals surface area contributed by atoms with E-state index in [1.54, 1.807) is 6.20 Å². The van der Waals surface area contributed by atoms with Crippen molar-refractivity contribution >= 4 is 21.6 Å². The number of aliphatic hydroxyl groups is 1. The second kappa shape index (κ2) is 3.68. The lowest BCUT2D eigenvalue weighted by Gasteiger charge is -2.07. The van der Waals surface area contributed by atoms with E-state index in [9.17, 15) is 0 Å². The number of halogens is 1. The van der Waals surface area contributed by atoms with Crippen LogP contribution in [-0.2, 0) is 0 Å². The number of aliphatic hydroxyl groups excluding tert-OH is 1. The molecule has 0 aromatic carbocycles. The Kier molecular flexibility index (Phi) is 2.54.